The number of nitrogens with one attached hydrogen (secondary N) is 3. The molecule has 0 radical (unpaired) electrons. The molecule has 3 aliphatic rings. The molecule has 3 N–H and O–H groups in total. The molecule has 0 heterocycles. The molecular formula is C19H37N3. The van der Waals surface area contributed by atoms with E-state index in [0.717, 1.165) is 24.0 Å². The van der Waals surface area contributed by atoms with Crippen LogP contribution in [0.4, 0.5) is 0 Å². The lowest BCUT2D eigenvalue weighted by Gasteiger charge is -2.30. The fraction of sp³-hybridized carbons (Fsp3) is 1.00. The molecule has 0 spiro atoms. The second-order valence-electron chi connectivity index (χ2n) is 7.98. The van der Waals surface area contributed by atoms with Crippen LogP contribution in [0, 0.1) is 5.92 Å². The minimum absolute atomic E-state index is 0.849. The molecule has 128 valence electrons. The van der Waals surface area contributed by atoms with Gasteiger partial charge in [0.15, 0.2) is 0 Å². The topological polar surface area (TPSA) is 36.1 Å². The van der Waals surface area contributed by atoms with Gasteiger partial charge >= 0.3 is 0 Å². The minimum Gasteiger partial charge on any atom is -0.314 e. The average Bonchev–Trinajstić information content (AvgIpc) is 2.37. The zero-order chi connectivity index (χ0) is 15.0. The molecule has 22 heavy (non-hydrogen) atoms. The summed E-state index contributed by atoms with van der Waals surface area (Å²) in [6.07, 6.45) is 16.9. The van der Waals surface area contributed by atoms with Crippen LogP contribution < -0.4 is 16.0 Å². The van der Waals surface area contributed by atoms with Gasteiger partial charge in [-0.15, -0.1) is 0 Å². The highest BCUT2D eigenvalue weighted by molar-refractivity contribution is 4.80. The summed E-state index contributed by atoms with van der Waals surface area (Å²) in [5.41, 5.74) is 0. The van der Waals surface area contributed by atoms with Crippen molar-refractivity contribution in [3.8, 4) is 0 Å². The minimum atomic E-state index is 0.849. The van der Waals surface area contributed by atoms with Gasteiger partial charge in [0, 0.05) is 18.1 Å². The molecule has 0 atom stereocenters. The largest absolute Gasteiger partial charge is 0.314 e. The van der Waals surface area contributed by atoms with Crippen LogP contribution in [-0.4, -0.2) is 37.8 Å². The first-order valence-electron chi connectivity index (χ1n) is 10.1. The molecule has 0 aromatic heterocycles. The first kappa shape index (κ1) is 16.7. The van der Waals surface area contributed by atoms with Crippen molar-refractivity contribution in [2.45, 2.75) is 95.2 Å². The van der Waals surface area contributed by atoms with E-state index in [2.05, 4.69) is 16.0 Å². The number of hydrogen-bond donors (Lipinski definition) is 3. The van der Waals surface area contributed by atoms with E-state index in [-0.39, 0.29) is 0 Å². The molecular weight excluding hydrogens is 270 g/mol. The van der Waals surface area contributed by atoms with Gasteiger partial charge in [0.2, 0.25) is 0 Å². The van der Waals surface area contributed by atoms with E-state index >= 15 is 0 Å². The Kier molecular flexibility index (Phi) is 7.03. The van der Waals surface area contributed by atoms with Crippen molar-refractivity contribution < 1.29 is 0 Å². The second-order valence-corrected chi connectivity index (χ2v) is 7.98. The van der Waals surface area contributed by atoms with Crippen molar-refractivity contribution in [3.63, 3.8) is 0 Å². The van der Waals surface area contributed by atoms with Crippen LogP contribution in [0.25, 0.3) is 0 Å². The normalized spacial score (nSPS) is 23.3. The smallest absolute Gasteiger partial charge is 0.00670 e. The van der Waals surface area contributed by atoms with Gasteiger partial charge in [0.1, 0.15) is 0 Å². The van der Waals surface area contributed by atoms with Crippen molar-refractivity contribution in [1.29, 1.82) is 0 Å². The average molecular weight is 308 g/mol. The third-order valence-corrected chi connectivity index (χ3v) is 6.27. The van der Waals surface area contributed by atoms with Gasteiger partial charge in [0.05, 0.1) is 0 Å². The second kappa shape index (κ2) is 9.24. The molecule has 0 aromatic rings. The third-order valence-electron chi connectivity index (χ3n) is 6.27. The van der Waals surface area contributed by atoms with Crippen molar-refractivity contribution in [1.82, 2.24) is 16.0 Å². The van der Waals surface area contributed by atoms with Crippen molar-refractivity contribution in [2.75, 3.05) is 19.6 Å². The van der Waals surface area contributed by atoms with Crippen LogP contribution in [0.5, 0.6) is 0 Å². The van der Waals surface area contributed by atoms with Crippen molar-refractivity contribution >= 4 is 0 Å². The van der Waals surface area contributed by atoms with Gasteiger partial charge in [-0.25, -0.2) is 0 Å². The Hall–Kier alpha value is -0.120. The predicted molar refractivity (Wildman–Crippen MR) is 94.3 cm³/mol. The Balaban J connectivity index is 1.27. The van der Waals surface area contributed by atoms with E-state index in [0.29, 0.717) is 0 Å². The van der Waals surface area contributed by atoms with E-state index in [1.54, 1.807) is 0 Å². The summed E-state index contributed by atoms with van der Waals surface area (Å²) in [5, 5.41) is 11.3. The third kappa shape index (κ3) is 5.50. The van der Waals surface area contributed by atoms with E-state index in [4.69, 9.17) is 0 Å². The molecule has 0 unspecified atom stereocenters. The zero-order valence-corrected chi connectivity index (χ0v) is 14.4. The van der Waals surface area contributed by atoms with Crippen molar-refractivity contribution in [2.24, 2.45) is 5.92 Å². The van der Waals surface area contributed by atoms with E-state index < -0.39 is 0 Å². The van der Waals surface area contributed by atoms with Crippen LogP contribution >= 0.6 is 0 Å². The summed E-state index contributed by atoms with van der Waals surface area (Å²) < 4.78 is 0. The zero-order valence-electron chi connectivity index (χ0n) is 14.4. The Bertz CT molecular complexity index is 248. The Morgan fingerprint density at radius 2 is 0.864 bits per heavy atom. The lowest BCUT2D eigenvalue weighted by Crippen LogP contribution is -2.39. The van der Waals surface area contributed by atoms with Crippen LogP contribution in [0.2, 0.25) is 0 Å². The Morgan fingerprint density at radius 1 is 0.545 bits per heavy atom. The van der Waals surface area contributed by atoms with E-state index in [1.165, 1.54) is 96.7 Å². The first-order chi connectivity index (χ1) is 10.9. The van der Waals surface area contributed by atoms with Crippen LogP contribution in [0.3, 0.4) is 0 Å². The summed E-state index contributed by atoms with van der Waals surface area (Å²) in [4.78, 5) is 0. The molecule has 3 fully saturated rings. The van der Waals surface area contributed by atoms with Crippen LogP contribution in [-0.2, 0) is 0 Å². The maximum Gasteiger partial charge on any atom is 0.00670 e. The molecule has 0 bridgehead atoms. The van der Waals surface area contributed by atoms with Crippen molar-refractivity contribution in [3.05, 3.63) is 0 Å². The summed E-state index contributed by atoms with van der Waals surface area (Å²) in [7, 11) is 0. The fourth-order valence-corrected chi connectivity index (χ4v) is 3.74. The molecule has 0 aliphatic heterocycles. The lowest BCUT2D eigenvalue weighted by molar-refractivity contribution is 0.288. The highest BCUT2D eigenvalue weighted by Crippen LogP contribution is 2.21. The highest BCUT2D eigenvalue weighted by Gasteiger charge is 2.20. The SMILES string of the molecule is C1CC(NCCC(CCNC2CCC2)CCNC2CCC2)C1. The van der Waals surface area contributed by atoms with Gasteiger partial charge in [0.25, 0.3) is 0 Å². The predicted octanol–water partition coefficient (Wildman–Crippen LogP) is 3.20. The lowest BCUT2D eigenvalue weighted by atomic mass is 9.90. The Morgan fingerprint density at radius 3 is 1.09 bits per heavy atom. The highest BCUT2D eigenvalue weighted by atomic mass is 14.9. The quantitative estimate of drug-likeness (QED) is 0.518. The molecule has 3 nitrogen and oxygen atoms in total. The fourth-order valence-electron chi connectivity index (χ4n) is 3.74. The first-order valence-corrected chi connectivity index (χ1v) is 10.1. The number of rotatable bonds is 12. The standard InChI is InChI=1S/C19H37N3/c1-4-17(5-1)20-13-10-16(11-14-21-18-6-2-7-18)12-15-22-19-8-3-9-19/h16-22H,1-15H2. The molecule has 3 rings (SSSR count). The molecule has 0 amide bonds. The van der Waals surface area contributed by atoms with Gasteiger partial charge in [-0.2, -0.15) is 0 Å². The molecule has 3 heteroatoms. The monoisotopic (exact) mass is 307 g/mol. The van der Waals surface area contributed by atoms with Gasteiger partial charge < -0.3 is 16.0 Å². The molecule has 3 aliphatic carbocycles. The summed E-state index contributed by atoms with van der Waals surface area (Å²) in [6, 6.07) is 2.55. The molecule has 3 saturated carbocycles. The summed E-state index contributed by atoms with van der Waals surface area (Å²) in [5.74, 6) is 0.896. The van der Waals surface area contributed by atoms with E-state index in [9.17, 15) is 0 Å². The van der Waals surface area contributed by atoms with E-state index in [1.807, 2.05) is 0 Å². The summed E-state index contributed by atoms with van der Waals surface area (Å²) >= 11 is 0. The molecule has 0 aromatic carbocycles. The summed E-state index contributed by atoms with van der Waals surface area (Å²) in [6.45, 7) is 3.71. The molecule has 0 saturated heterocycles. The number of hydrogen-bond acceptors (Lipinski definition) is 3. The van der Waals surface area contributed by atoms with Crippen LogP contribution in [0.15, 0.2) is 0 Å². The van der Waals surface area contributed by atoms with Gasteiger partial charge in [-0.1, -0.05) is 19.3 Å². The maximum absolute atomic E-state index is 3.75. The van der Waals surface area contributed by atoms with Gasteiger partial charge in [-0.3, -0.25) is 0 Å². The maximum atomic E-state index is 3.75. The van der Waals surface area contributed by atoms with Crippen LogP contribution in [0.1, 0.15) is 77.0 Å². The van der Waals surface area contributed by atoms with Gasteiger partial charge in [-0.05, 0) is 83.3 Å². The Labute approximate surface area is 137 Å².